The molecule has 0 amide bonds. The molecule has 0 aromatic heterocycles. The normalized spacial score (nSPS) is 12.1. The number of carbonyl (C=O) groups excluding carboxylic acids is 1. The van der Waals surface area contributed by atoms with E-state index >= 15 is 0 Å². The van der Waals surface area contributed by atoms with Crippen LogP contribution in [0.1, 0.15) is 39.5 Å². The fraction of sp³-hybridized carbons (Fsp3) is 0.857. The van der Waals surface area contributed by atoms with E-state index in [1.165, 1.54) is 0 Å². The van der Waals surface area contributed by atoms with Gasteiger partial charge >= 0.3 is 20.7 Å². The molecule has 0 saturated heterocycles. The van der Waals surface area contributed by atoms with Gasteiger partial charge in [-0.25, -0.2) is 0 Å². The molecule has 0 heterocycles. The Kier molecular flexibility index (Phi) is 15.4. The molecule has 1 atom stereocenters. The first-order valence-electron chi connectivity index (χ1n) is 7.57. The van der Waals surface area contributed by atoms with Crippen LogP contribution in [-0.2, 0) is 27.6 Å². The van der Waals surface area contributed by atoms with Crippen LogP contribution < -0.4 is 5.73 Å². The Morgan fingerprint density at radius 1 is 1.13 bits per heavy atom. The summed E-state index contributed by atoms with van der Waals surface area (Å²) in [5.41, 5.74) is 5.36. The van der Waals surface area contributed by atoms with Crippen LogP contribution in [-0.4, -0.2) is 59.8 Å². The summed E-state index contributed by atoms with van der Waals surface area (Å²) in [7, 11) is 2.50. The van der Waals surface area contributed by atoms with Crippen molar-refractivity contribution in [3.63, 3.8) is 0 Å². The maximum atomic E-state index is 10.8. The number of ether oxygens (including phenoxy) is 1. The van der Waals surface area contributed by atoms with Gasteiger partial charge in [-0.1, -0.05) is 6.92 Å². The number of nitrogens with two attached hydrogens (primary N) is 1. The van der Waals surface area contributed by atoms with Crippen molar-refractivity contribution in [1.29, 1.82) is 0 Å². The zero-order valence-electron chi connectivity index (χ0n) is 14.8. The molecule has 0 saturated carbocycles. The molecular weight excluding hydrogens is 322 g/mol. The van der Waals surface area contributed by atoms with Crippen molar-refractivity contribution in [2.24, 2.45) is 5.73 Å². The molecule has 0 aliphatic carbocycles. The van der Waals surface area contributed by atoms with E-state index in [0.29, 0.717) is 6.54 Å². The zero-order chi connectivity index (χ0) is 18.3. The van der Waals surface area contributed by atoms with E-state index in [4.69, 9.17) is 28.9 Å². The average Bonchev–Trinajstić information content (AvgIpc) is 2.55. The zero-order valence-corrected chi connectivity index (χ0v) is 15.8. The Bertz CT molecular complexity index is 316. The molecule has 138 valence electrons. The van der Waals surface area contributed by atoms with Gasteiger partial charge < -0.3 is 28.9 Å². The van der Waals surface area contributed by atoms with E-state index in [1.807, 2.05) is 6.92 Å². The van der Waals surface area contributed by atoms with Crippen LogP contribution in [0.25, 0.3) is 0 Å². The van der Waals surface area contributed by atoms with Gasteiger partial charge in [0, 0.05) is 27.4 Å². The molecule has 0 radical (unpaired) electrons. The van der Waals surface area contributed by atoms with Gasteiger partial charge in [0.25, 0.3) is 0 Å². The van der Waals surface area contributed by atoms with Gasteiger partial charge in [-0.2, -0.15) is 0 Å². The topological polar surface area (TPSA) is 117 Å². The molecule has 9 heteroatoms. The fourth-order valence-corrected chi connectivity index (χ4v) is 3.20. The molecule has 23 heavy (non-hydrogen) atoms. The van der Waals surface area contributed by atoms with E-state index in [9.17, 15) is 9.59 Å². The van der Waals surface area contributed by atoms with Crippen LogP contribution in [0, 0.1) is 0 Å². The molecule has 1 unspecified atom stereocenters. The van der Waals surface area contributed by atoms with Crippen LogP contribution >= 0.6 is 0 Å². The second kappa shape index (κ2) is 14.6. The van der Waals surface area contributed by atoms with Crippen LogP contribution in [0.3, 0.4) is 0 Å². The Hall–Kier alpha value is -1.00. The summed E-state index contributed by atoms with van der Waals surface area (Å²) >= 11 is 0. The quantitative estimate of drug-likeness (QED) is 0.423. The molecule has 0 bridgehead atoms. The third-order valence-electron chi connectivity index (χ3n) is 3.07. The minimum absolute atomic E-state index is 0.0420. The van der Waals surface area contributed by atoms with Crippen LogP contribution in [0.5, 0.6) is 0 Å². The number of esters is 1. The monoisotopic (exact) mass is 353 g/mol. The summed E-state index contributed by atoms with van der Waals surface area (Å²) in [5, 5.41) is 8.25. The molecule has 0 rings (SSSR count). The number of carboxylic acid groups (broad SMARTS) is 1. The van der Waals surface area contributed by atoms with Gasteiger partial charge in [-0.05, 0) is 26.3 Å². The summed E-state index contributed by atoms with van der Waals surface area (Å²) in [6.45, 7) is 4.32. The van der Waals surface area contributed by atoms with E-state index in [0.717, 1.165) is 18.9 Å². The van der Waals surface area contributed by atoms with Crippen LogP contribution in [0.15, 0.2) is 0 Å². The lowest BCUT2D eigenvalue weighted by Gasteiger charge is -2.23. The van der Waals surface area contributed by atoms with Gasteiger partial charge in [-0.15, -0.1) is 0 Å². The minimum atomic E-state index is -2.32. The van der Waals surface area contributed by atoms with Crippen molar-refractivity contribution in [2.75, 3.05) is 27.9 Å². The predicted molar refractivity (Wildman–Crippen MR) is 88.0 cm³/mol. The summed E-state index contributed by atoms with van der Waals surface area (Å²) in [6.07, 6.45) is 1.31. The maximum Gasteiger partial charge on any atom is 0.500 e. The Morgan fingerprint density at radius 3 is 2.00 bits per heavy atom. The van der Waals surface area contributed by atoms with Crippen molar-refractivity contribution >= 4 is 20.7 Å². The highest BCUT2D eigenvalue weighted by Gasteiger charge is 2.36. The molecule has 0 fully saturated rings. The average molecular weight is 353 g/mol. The van der Waals surface area contributed by atoms with Crippen molar-refractivity contribution in [1.82, 2.24) is 0 Å². The highest BCUT2D eigenvalue weighted by molar-refractivity contribution is 6.60. The summed E-state index contributed by atoms with van der Waals surface area (Å²) in [6, 6.07) is 0.785. The minimum Gasteiger partial charge on any atom is -0.481 e. The Labute approximate surface area is 139 Å². The van der Waals surface area contributed by atoms with Crippen molar-refractivity contribution in [3.8, 4) is 0 Å². The second-order valence-corrected chi connectivity index (χ2v) is 7.88. The lowest BCUT2D eigenvalue weighted by molar-refractivity contribution is -0.151. The molecule has 0 aromatic rings. The van der Waals surface area contributed by atoms with E-state index in [1.54, 1.807) is 28.3 Å². The SMILES string of the molecule is CCC(C)OC(=O)CCC(=O)O.CO[Si](CCCN)(OC)OC. The Balaban J connectivity index is 0. The molecular formula is C14H31NO7Si. The van der Waals surface area contributed by atoms with E-state index in [-0.39, 0.29) is 18.9 Å². The third kappa shape index (κ3) is 13.2. The van der Waals surface area contributed by atoms with Crippen LogP contribution in [0.2, 0.25) is 6.04 Å². The lowest BCUT2D eigenvalue weighted by atomic mass is 10.3. The smallest absolute Gasteiger partial charge is 0.481 e. The third-order valence-corrected chi connectivity index (χ3v) is 5.90. The Morgan fingerprint density at radius 2 is 1.65 bits per heavy atom. The first-order valence-corrected chi connectivity index (χ1v) is 9.50. The summed E-state index contributed by atoms with van der Waals surface area (Å²) in [5.74, 6) is -1.41. The summed E-state index contributed by atoms with van der Waals surface area (Å²) < 4.78 is 20.4. The number of hydrogen-bond donors (Lipinski definition) is 2. The highest BCUT2D eigenvalue weighted by Crippen LogP contribution is 2.13. The van der Waals surface area contributed by atoms with Gasteiger partial charge in [0.1, 0.15) is 0 Å². The molecule has 3 N–H and O–H groups in total. The molecule has 0 aliphatic heterocycles. The summed E-state index contributed by atoms with van der Waals surface area (Å²) in [4.78, 5) is 20.9. The number of aliphatic carboxylic acids is 1. The highest BCUT2D eigenvalue weighted by atomic mass is 28.4. The lowest BCUT2D eigenvalue weighted by Crippen LogP contribution is -2.42. The van der Waals surface area contributed by atoms with Gasteiger partial charge in [0.05, 0.1) is 18.9 Å². The van der Waals surface area contributed by atoms with Crippen molar-refractivity contribution in [3.05, 3.63) is 0 Å². The standard InChI is InChI=1S/C8H14O4.C6H17NO3Si/c1-3-6(2)12-8(11)5-4-7(9)10;1-8-11(9-2,10-3)6-4-5-7/h6H,3-5H2,1-2H3,(H,9,10);4-7H2,1-3H3. The molecule has 8 nitrogen and oxygen atoms in total. The molecule has 0 spiro atoms. The van der Waals surface area contributed by atoms with Crippen LogP contribution in [0.4, 0.5) is 0 Å². The van der Waals surface area contributed by atoms with E-state index < -0.39 is 20.7 Å². The van der Waals surface area contributed by atoms with Crippen molar-refractivity contribution < 1.29 is 32.7 Å². The second-order valence-electron chi connectivity index (χ2n) is 4.79. The predicted octanol–water partition coefficient (Wildman–Crippen LogP) is 1.41. The number of hydrogen-bond acceptors (Lipinski definition) is 7. The van der Waals surface area contributed by atoms with Gasteiger partial charge in [0.15, 0.2) is 0 Å². The first-order chi connectivity index (χ1) is 10.8. The van der Waals surface area contributed by atoms with Gasteiger partial charge in [0.2, 0.25) is 0 Å². The molecule has 0 aliphatic rings. The fourth-order valence-electron chi connectivity index (χ4n) is 1.45. The first kappa shape index (κ1) is 24.3. The van der Waals surface area contributed by atoms with Gasteiger partial charge in [-0.3, -0.25) is 9.59 Å². The number of rotatable bonds is 11. The molecule has 0 aromatic carbocycles. The maximum absolute atomic E-state index is 10.8. The largest absolute Gasteiger partial charge is 0.500 e. The number of carboxylic acids is 1. The number of carbonyl (C=O) groups is 2. The van der Waals surface area contributed by atoms with E-state index in [2.05, 4.69) is 0 Å². The van der Waals surface area contributed by atoms with Crippen molar-refractivity contribution in [2.45, 2.75) is 51.7 Å².